The number of halogens is 1. The van der Waals surface area contributed by atoms with Crippen LogP contribution in [-0.4, -0.2) is 6.54 Å². The van der Waals surface area contributed by atoms with E-state index in [1.807, 2.05) is 0 Å². The highest BCUT2D eigenvalue weighted by atomic mass is 35.5. The first-order valence-corrected chi connectivity index (χ1v) is 15.9. The van der Waals surface area contributed by atoms with Crippen molar-refractivity contribution in [1.82, 2.24) is 0 Å². The fourth-order valence-electron chi connectivity index (χ4n) is 5.97. The van der Waals surface area contributed by atoms with E-state index in [0.717, 1.165) is 6.54 Å². The maximum absolute atomic E-state index is 2.59. The molecule has 214 valence electrons. The molecule has 0 aliphatic rings. The van der Waals surface area contributed by atoms with Gasteiger partial charge in [-0.2, -0.15) is 0 Å². The zero-order valence-corrected chi connectivity index (χ0v) is 25.4. The molecule has 0 aliphatic carbocycles. The molecule has 3 aromatic carbocycles. The number of quaternary nitrogens is 1. The summed E-state index contributed by atoms with van der Waals surface area (Å²) < 4.78 is 0. The van der Waals surface area contributed by atoms with Crippen LogP contribution in [0.3, 0.4) is 0 Å². The lowest BCUT2D eigenvalue weighted by Gasteiger charge is -2.33. The number of benzene rings is 3. The van der Waals surface area contributed by atoms with Crippen molar-refractivity contribution in [3.8, 4) is 0 Å². The summed E-state index contributed by atoms with van der Waals surface area (Å²) in [5.74, 6) is 0. The Balaban J connectivity index is 0.00000533. The first-order valence-electron chi connectivity index (χ1n) is 15.9. The molecule has 0 saturated heterocycles. The van der Waals surface area contributed by atoms with Crippen LogP contribution in [0.2, 0.25) is 0 Å². The second kappa shape index (κ2) is 20.8. The highest BCUT2D eigenvalue weighted by molar-refractivity contribution is 5.46. The van der Waals surface area contributed by atoms with Crippen LogP contribution in [0.25, 0.3) is 0 Å². The van der Waals surface area contributed by atoms with Gasteiger partial charge in [-0.3, -0.25) is 0 Å². The van der Waals surface area contributed by atoms with Gasteiger partial charge in [-0.25, -0.2) is 0 Å². The Labute approximate surface area is 246 Å². The predicted octanol–water partition coefficient (Wildman–Crippen LogP) is 6.81. The van der Waals surface area contributed by atoms with Crippen molar-refractivity contribution >= 4 is 0 Å². The van der Waals surface area contributed by atoms with Gasteiger partial charge in [0, 0.05) is 16.7 Å². The largest absolute Gasteiger partial charge is 1.00 e. The summed E-state index contributed by atoms with van der Waals surface area (Å²) in [6.45, 7) is 3.44. The number of nitrogens with two attached hydrogens (primary N) is 1. The fourth-order valence-corrected chi connectivity index (χ4v) is 5.97. The fraction of sp³-hybridized carbons (Fsp3) is 0.514. The summed E-state index contributed by atoms with van der Waals surface area (Å²) in [6.07, 6.45) is 22.6. The molecule has 0 atom stereocenters. The molecule has 0 aliphatic heterocycles. The Morgan fingerprint density at radius 3 is 1.00 bits per heavy atom. The Morgan fingerprint density at radius 1 is 0.410 bits per heavy atom. The van der Waals surface area contributed by atoms with E-state index in [0.29, 0.717) is 0 Å². The Hall–Kier alpha value is -2.09. The Kier molecular flexibility index (Phi) is 17.6. The summed E-state index contributed by atoms with van der Waals surface area (Å²) in [4.78, 5) is 0. The summed E-state index contributed by atoms with van der Waals surface area (Å²) in [7, 11) is 0. The molecule has 0 fully saturated rings. The first-order chi connectivity index (χ1) is 18.9. The summed E-state index contributed by atoms with van der Waals surface area (Å²) in [6, 6.07) is 33.2. The molecular formula is C37H54ClN. The zero-order valence-electron chi connectivity index (χ0n) is 24.6. The zero-order chi connectivity index (χ0) is 26.6. The standard InChI is InChI=1S/C37H53N.ClH/c1-2-3-4-5-6-7-8-9-10-11-12-13-14-15-16-26-33-38-37(34-27-20-17-21-28-34,35-29-22-18-23-30-35)36-31-24-19-25-32-36;/h17-25,27-32,38H,2-16,26,33H2,1H3;1H. The summed E-state index contributed by atoms with van der Waals surface area (Å²) in [5, 5.41) is 2.59. The van der Waals surface area contributed by atoms with Gasteiger partial charge in [-0.15, -0.1) is 0 Å². The minimum absolute atomic E-state index is 0. The van der Waals surface area contributed by atoms with E-state index in [1.165, 1.54) is 119 Å². The lowest BCUT2D eigenvalue weighted by Crippen LogP contribution is -3.00. The summed E-state index contributed by atoms with van der Waals surface area (Å²) in [5.41, 5.74) is 3.86. The second-order valence-electron chi connectivity index (χ2n) is 11.2. The molecule has 0 aromatic heterocycles. The topological polar surface area (TPSA) is 16.6 Å². The van der Waals surface area contributed by atoms with Gasteiger partial charge < -0.3 is 17.7 Å². The van der Waals surface area contributed by atoms with E-state index in [1.54, 1.807) is 0 Å². The van der Waals surface area contributed by atoms with Gasteiger partial charge in [0.25, 0.3) is 0 Å². The lowest BCUT2D eigenvalue weighted by molar-refractivity contribution is -0.716. The van der Waals surface area contributed by atoms with Crippen molar-refractivity contribution in [2.75, 3.05) is 6.54 Å². The van der Waals surface area contributed by atoms with Gasteiger partial charge in [0.05, 0.1) is 6.54 Å². The number of rotatable bonds is 21. The van der Waals surface area contributed by atoms with Crippen molar-refractivity contribution in [3.63, 3.8) is 0 Å². The van der Waals surface area contributed by atoms with Crippen molar-refractivity contribution < 1.29 is 17.7 Å². The van der Waals surface area contributed by atoms with E-state index in [4.69, 9.17) is 0 Å². The van der Waals surface area contributed by atoms with Gasteiger partial charge >= 0.3 is 0 Å². The van der Waals surface area contributed by atoms with E-state index < -0.39 is 0 Å². The smallest absolute Gasteiger partial charge is 0.173 e. The van der Waals surface area contributed by atoms with Crippen LogP contribution in [0.15, 0.2) is 91.0 Å². The van der Waals surface area contributed by atoms with Gasteiger partial charge in [-0.1, -0.05) is 188 Å². The molecule has 3 rings (SSSR count). The molecule has 0 spiro atoms. The second-order valence-corrected chi connectivity index (χ2v) is 11.2. The SMILES string of the molecule is CCCCCCCCCCCCCCCCCC[NH2+]C(c1ccccc1)(c1ccccc1)c1ccccc1.[Cl-]. The van der Waals surface area contributed by atoms with Gasteiger partial charge in [-0.05, 0) is 12.8 Å². The highest BCUT2D eigenvalue weighted by Gasteiger charge is 2.39. The van der Waals surface area contributed by atoms with Gasteiger partial charge in [0.2, 0.25) is 0 Å². The van der Waals surface area contributed by atoms with Crippen LogP contribution in [-0.2, 0) is 5.54 Å². The maximum atomic E-state index is 2.59. The molecule has 3 aromatic rings. The molecule has 39 heavy (non-hydrogen) atoms. The Morgan fingerprint density at radius 2 is 0.692 bits per heavy atom. The average Bonchev–Trinajstić information content (AvgIpc) is 2.98. The van der Waals surface area contributed by atoms with E-state index in [2.05, 4.69) is 103 Å². The highest BCUT2D eigenvalue weighted by Crippen LogP contribution is 2.33. The van der Waals surface area contributed by atoms with Gasteiger partial charge in [0.15, 0.2) is 5.54 Å². The van der Waals surface area contributed by atoms with Crippen LogP contribution in [0.4, 0.5) is 0 Å². The lowest BCUT2D eigenvalue weighted by atomic mass is 9.77. The molecule has 0 bridgehead atoms. The van der Waals surface area contributed by atoms with Crippen LogP contribution in [0.1, 0.15) is 126 Å². The van der Waals surface area contributed by atoms with Crippen molar-refractivity contribution in [2.24, 2.45) is 0 Å². The number of hydrogen-bond acceptors (Lipinski definition) is 0. The van der Waals surface area contributed by atoms with E-state index in [9.17, 15) is 0 Å². The van der Waals surface area contributed by atoms with Crippen LogP contribution < -0.4 is 17.7 Å². The third-order valence-corrected chi connectivity index (χ3v) is 8.20. The maximum Gasteiger partial charge on any atom is 0.173 e. The predicted molar refractivity (Wildman–Crippen MR) is 166 cm³/mol. The normalized spacial score (nSPS) is 11.3. The molecule has 1 nitrogen and oxygen atoms in total. The van der Waals surface area contributed by atoms with Crippen LogP contribution in [0.5, 0.6) is 0 Å². The molecule has 0 saturated carbocycles. The third-order valence-electron chi connectivity index (χ3n) is 8.20. The molecule has 0 amide bonds. The van der Waals surface area contributed by atoms with E-state index in [-0.39, 0.29) is 17.9 Å². The van der Waals surface area contributed by atoms with E-state index >= 15 is 0 Å². The van der Waals surface area contributed by atoms with Gasteiger partial charge in [0.1, 0.15) is 0 Å². The quantitative estimate of drug-likeness (QED) is 0.111. The monoisotopic (exact) mass is 547 g/mol. The molecule has 2 N–H and O–H groups in total. The van der Waals surface area contributed by atoms with Crippen LogP contribution in [0, 0.1) is 0 Å². The minimum atomic E-state index is -0.209. The molecule has 2 heteroatoms. The molecule has 0 heterocycles. The summed E-state index contributed by atoms with van der Waals surface area (Å²) >= 11 is 0. The molecule has 0 radical (unpaired) electrons. The number of unbranched alkanes of at least 4 members (excludes halogenated alkanes) is 15. The number of hydrogen-bond donors (Lipinski definition) is 1. The van der Waals surface area contributed by atoms with Crippen molar-refractivity contribution in [2.45, 2.75) is 115 Å². The first kappa shape index (κ1) is 33.1. The minimum Gasteiger partial charge on any atom is -1.00 e. The van der Waals surface area contributed by atoms with Crippen molar-refractivity contribution in [3.05, 3.63) is 108 Å². The third kappa shape index (κ3) is 11.5. The molecular weight excluding hydrogens is 494 g/mol. The molecule has 0 unspecified atom stereocenters. The van der Waals surface area contributed by atoms with Crippen LogP contribution >= 0.6 is 0 Å². The Bertz CT molecular complexity index is 844. The van der Waals surface area contributed by atoms with Crippen molar-refractivity contribution in [1.29, 1.82) is 0 Å². The average molecular weight is 548 g/mol.